The van der Waals surface area contributed by atoms with E-state index in [1.165, 1.54) is 15.5 Å². The van der Waals surface area contributed by atoms with Crippen molar-refractivity contribution in [2.45, 2.75) is 110 Å². The van der Waals surface area contributed by atoms with E-state index in [-0.39, 0.29) is 75.5 Å². The number of aliphatic hydroxyl groups is 1. The van der Waals surface area contributed by atoms with Gasteiger partial charge >= 0.3 is 6.03 Å². The van der Waals surface area contributed by atoms with Crippen LogP contribution in [0, 0.1) is 23.7 Å². The quantitative estimate of drug-likeness (QED) is 0.0440. The van der Waals surface area contributed by atoms with Gasteiger partial charge < -0.3 is 50.1 Å². The second kappa shape index (κ2) is 28.1. The summed E-state index contributed by atoms with van der Waals surface area (Å²) in [7, 11) is 1.72. The van der Waals surface area contributed by atoms with E-state index < -0.39 is 35.4 Å². The molecular formula is C59H72N12O9S. The Bertz CT molecular complexity index is 3160. The summed E-state index contributed by atoms with van der Waals surface area (Å²) in [6.07, 6.45) is 9.28. The Morgan fingerprint density at radius 2 is 1.52 bits per heavy atom. The first-order valence-electron chi connectivity index (χ1n) is 27.3. The Kier molecular flexibility index (Phi) is 20.5. The number of β-amino-alcohol motifs (C(OH)–C–C–N with tert-alkyl or cyclic N) is 1. The fourth-order valence-corrected chi connectivity index (χ4v) is 10.7. The maximum Gasteiger partial charge on any atom is 0.322 e. The number of benzene rings is 2. The van der Waals surface area contributed by atoms with Crippen molar-refractivity contribution in [3.63, 3.8) is 0 Å². The first-order valence-corrected chi connectivity index (χ1v) is 28.2. The number of nitrogens with one attached hydrogen (secondary N) is 4. The van der Waals surface area contributed by atoms with Gasteiger partial charge in [-0.25, -0.2) is 14.8 Å². The van der Waals surface area contributed by atoms with Crippen LogP contribution in [0.2, 0.25) is 0 Å². The van der Waals surface area contributed by atoms with Crippen molar-refractivity contribution < 1.29 is 38.5 Å². The second-order valence-corrected chi connectivity index (χ2v) is 22.3. The van der Waals surface area contributed by atoms with Gasteiger partial charge in [-0.1, -0.05) is 57.2 Å². The summed E-state index contributed by atoms with van der Waals surface area (Å²) in [5.41, 5.74) is 7.77. The lowest BCUT2D eigenvalue weighted by Crippen LogP contribution is -2.58. The topological polar surface area (TPSA) is 260 Å². The number of aliphatic hydroxyl groups excluding tert-OH is 1. The number of aromatic nitrogens is 5. The van der Waals surface area contributed by atoms with Gasteiger partial charge in [0.25, 0.3) is 0 Å². The number of carbonyl (C=O) groups excluding carboxylic acids is 4. The number of pyridine rings is 2. The van der Waals surface area contributed by atoms with E-state index >= 15 is 0 Å². The zero-order chi connectivity index (χ0) is 57.5. The molecule has 2 aromatic carbocycles. The van der Waals surface area contributed by atoms with Crippen molar-refractivity contribution in [1.82, 2.24) is 45.2 Å². The van der Waals surface area contributed by atoms with Crippen LogP contribution in [-0.2, 0) is 55.3 Å². The number of amides is 5. The number of anilines is 2. The SMILES string of the molecule is Cc1ncsc1-c1ccc(CNC(=O)[C@@H]2C[C@@H](O)CN2C(=O)[C@@H](NC(=O)COCCOCCOCCn2cc(CNC(=O)N(c3ccc(-c4ccc(=O)n(C)c4)cc3)C3CCC(Nc4ccc(C#N)cn4)CC3)cn2)C(C)(C)C)cc1. The van der Waals surface area contributed by atoms with Crippen LogP contribution in [0.4, 0.5) is 16.3 Å². The largest absolute Gasteiger partial charge is 0.391 e. The van der Waals surface area contributed by atoms with Gasteiger partial charge in [-0.05, 0) is 90.6 Å². The maximum absolute atomic E-state index is 14.1. The molecule has 6 aromatic rings. The highest BCUT2D eigenvalue weighted by Crippen LogP contribution is 2.32. The zero-order valence-corrected chi connectivity index (χ0v) is 47.3. The van der Waals surface area contributed by atoms with E-state index in [0.717, 1.165) is 69.8 Å². The second-order valence-electron chi connectivity index (χ2n) is 21.5. The van der Waals surface area contributed by atoms with Crippen LogP contribution in [0.5, 0.6) is 0 Å². The molecule has 1 saturated heterocycles. The number of likely N-dealkylation sites (tertiary alicyclic amines) is 1. The summed E-state index contributed by atoms with van der Waals surface area (Å²) >= 11 is 1.57. The summed E-state index contributed by atoms with van der Waals surface area (Å²) in [5.74, 6) is -0.630. The predicted molar refractivity (Wildman–Crippen MR) is 307 cm³/mol. The number of nitrogens with zero attached hydrogens (tertiary/aromatic N) is 8. The molecule has 1 aliphatic heterocycles. The van der Waals surface area contributed by atoms with Crippen LogP contribution in [0.3, 0.4) is 0 Å². The normalized spacial score (nSPS) is 17.5. The van der Waals surface area contributed by atoms with Crippen LogP contribution in [-0.4, -0.2) is 135 Å². The molecule has 0 unspecified atom stereocenters. The minimum absolute atomic E-state index is 0.0314. The van der Waals surface area contributed by atoms with Crippen LogP contribution in [0.1, 0.15) is 75.3 Å². The molecule has 428 valence electrons. The van der Waals surface area contributed by atoms with Gasteiger partial charge in [-0.2, -0.15) is 10.4 Å². The standard InChI is InChI=1S/C59H72N12O9S/c1-39-54(81-38-64-39)44-9-6-40(7-10-44)30-62-56(75)50-28-49(72)36-70(50)57(76)55(59(2,3)4)67-52(73)37-80-27-26-79-25-24-78-23-22-69-34-42(33-65-69)32-63-58(77)71(47-16-11-43(12-17-47)45-13-21-53(74)68(5)35-45)48-18-14-46(15-19-48)66-51-20-8-41(29-60)31-61-51/h6-13,16-17,20-21,31,33-35,38,46,48-50,55,72H,14-15,18-19,22-28,30,32,36-37H2,1-5H3,(H,61,66)(H,62,75)(H,63,77)(H,67,73)/t46?,48?,49-,50+,55-/m1/s1. The Hall–Kier alpha value is -7.81. The van der Waals surface area contributed by atoms with Gasteiger partial charge in [0.1, 0.15) is 30.6 Å². The molecule has 21 nitrogen and oxygen atoms in total. The van der Waals surface area contributed by atoms with Crippen molar-refractivity contribution >= 4 is 46.6 Å². The van der Waals surface area contributed by atoms with Crippen molar-refractivity contribution in [2.24, 2.45) is 12.5 Å². The van der Waals surface area contributed by atoms with Gasteiger partial charge in [-0.3, -0.25) is 28.8 Å². The Labute approximate surface area is 475 Å². The average molecular weight is 1130 g/mol. The molecule has 81 heavy (non-hydrogen) atoms. The lowest BCUT2D eigenvalue weighted by Gasteiger charge is -2.37. The van der Waals surface area contributed by atoms with Crippen molar-refractivity contribution in [1.29, 1.82) is 5.26 Å². The van der Waals surface area contributed by atoms with Crippen LogP contribution in [0.15, 0.2) is 108 Å². The fraction of sp³-hybridized carbons (Fsp3) is 0.441. The number of ether oxygens (including phenoxy) is 3. The van der Waals surface area contributed by atoms with E-state index in [9.17, 15) is 29.1 Å². The number of thiazole rings is 1. The molecule has 1 aliphatic carbocycles. The molecule has 2 fully saturated rings. The van der Waals surface area contributed by atoms with Crippen LogP contribution in [0.25, 0.3) is 21.6 Å². The minimum atomic E-state index is -0.987. The third kappa shape index (κ3) is 16.4. The van der Waals surface area contributed by atoms with E-state index in [1.54, 1.807) is 53.8 Å². The molecule has 1 saturated carbocycles. The number of carbonyl (C=O) groups is 4. The highest BCUT2D eigenvalue weighted by molar-refractivity contribution is 7.13. The lowest BCUT2D eigenvalue weighted by atomic mass is 9.85. The predicted octanol–water partition coefficient (Wildman–Crippen LogP) is 5.95. The summed E-state index contributed by atoms with van der Waals surface area (Å²) < 4.78 is 20.3. The highest BCUT2D eigenvalue weighted by Gasteiger charge is 2.44. The summed E-state index contributed by atoms with van der Waals surface area (Å²) in [6.45, 7) is 9.39. The molecule has 8 rings (SSSR count). The summed E-state index contributed by atoms with van der Waals surface area (Å²) in [6, 6.07) is 22.6. The molecule has 0 spiro atoms. The smallest absolute Gasteiger partial charge is 0.322 e. The zero-order valence-electron chi connectivity index (χ0n) is 46.5. The summed E-state index contributed by atoms with van der Waals surface area (Å²) in [4.78, 5) is 79.7. The van der Waals surface area contributed by atoms with Crippen molar-refractivity contribution in [3.05, 3.63) is 136 Å². The summed E-state index contributed by atoms with van der Waals surface area (Å²) in [5, 5.41) is 36.5. The molecule has 0 bridgehead atoms. The highest BCUT2D eigenvalue weighted by atomic mass is 32.1. The maximum atomic E-state index is 14.1. The Morgan fingerprint density at radius 3 is 2.19 bits per heavy atom. The molecule has 5 heterocycles. The monoisotopic (exact) mass is 1120 g/mol. The number of rotatable bonds is 24. The molecular weight excluding hydrogens is 1050 g/mol. The third-order valence-corrected chi connectivity index (χ3v) is 15.4. The molecule has 22 heteroatoms. The molecule has 4 aromatic heterocycles. The number of nitriles is 1. The molecule has 2 aliphatic rings. The molecule has 3 atom stereocenters. The van der Waals surface area contributed by atoms with E-state index in [4.69, 9.17) is 19.5 Å². The molecule has 5 N–H and O–H groups in total. The number of hydrogen-bond acceptors (Lipinski definition) is 15. The number of aryl methyl sites for hydroxylation is 2. The Morgan fingerprint density at radius 1 is 0.827 bits per heavy atom. The van der Waals surface area contributed by atoms with Crippen LogP contribution >= 0.6 is 11.3 Å². The fourth-order valence-electron chi connectivity index (χ4n) is 9.93. The van der Waals surface area contributed by atoms with E-state index in [2.05, 4.69) is 42.4 Å². The van der Waals surface area contributed by atoms with Crippen molar-refractivity contribution in [3.8, 4) is 27.6 Å². The third-order valence-electron chi connectivity index (χ3n) is 14.4. The van der Waals surface area contributed by atoms with E-state index in [0.29, 0.717) is 37.7 Å². The Balaban J connectivity index is 0.725. The minimum Gasteiger partial charge on any atom is -0.391 e. The molecule has 0 radical (unpaired) electrons. The molecule has 5 amide bonds. The van der Waals surface area contributed by atoms with Gasteiger partial charge in [0.05, 0.1) is 73.5 Å². The van der Waals surface area contributed by atoms with E-state index in [1.807, 2.05) is 98.9 Å². The lowest BCUT2D eigenvalue weighted by molar-refractivity contribution is -0.144. The number of urea groups is 1. The number of hydrogen-bond donors (Lipinski definition) is 5. The van der Waals surface area contributed by atoms with Gasteiger partial charge in [0.15, 0.2) is 0 Å². The van der Waals surface area contributed by atoms with Gasteiger partial charge in [0.2, 0.25) is 23.3 Å². The first-order chi connectivity index (χ1) is 39.0. The first kappa shape index (κ1) is 59.3. The van der Waals surface area contributed by atoms with Gasteiger partial charge in [-0.15, -0.1) is 11.3 Å². The average Bonchev–Trinajstić information content (AvgIpc) is 4.27. The van der Waals surface area contributed by atoms with Gasteiger partial charge in [0, 0.05) is 81.1 Å². The van der Waals surface area contributed by atoms with Crippen molar-refractivity contribution in [2.75, 3.05) is 56.4 Å². The van der Waals surface area contributed by atoms with Crippen LogP contribution < -0.4 is 31.7 Å².